The van der Waals surface area contributed by atoms with Gasteiger partial charge in [0.1, 0.15) is 11.4 Å². The number of pyridine rings is 1. The number of nitrogens with zero attached hydrogens (tertiary/aromatic N) is 1. The number of aromatic carboxylic acids is 1. The van der Waals surface area contributed by atoms with E-state index in [2.05, 4.69) is 10.3 Å². The lowest BCUT2D eigenvalue weighted by Crippen LogP contribution is -2.15. The van der Waals surface area contributed by atoms with Gasteiger partial charge in [-0.2, -0.15) is 0 Å². The first kappa shape index (κ1) is 13.4. The van der Waals surface area contributed by atoms with Crippen molar-refractivity contribution in [2.24, 2.45) is 0 Å². The van der Waals surface area contributed by atoms with Crippen LogP contribution in [-0.4, -0.2) is 33.8 Å². The average Bonchev–Trinajstić information content (AvgIpc) is 2.28. The van der Waals surface area contributed by atoms with Crippen molar-refractivity contribution in [2.75, 3.05) is 11.9 Å². The summed E-state index contributed by atoms with van der Waals surface area (Å²) in [4.78, 5) is 15.1. The molecule has 0 bridgehead atoms. The number of carboxylic acids is 1. The minimum absolute atomic E-state index is 0.154. The van der Waals surface area contributed by atoms with Crippen LogP contribution in [0.15, 0.2) is 12.1 Å². The van der Waals surface area contributed by atoms with E-state index in [-0.39, 0.29) is 11.7 Å². The average molecular weight is 238 g/mol. The maximum absolute atomic E-state index is 11.0. The Hall–Kier alpha value is -1.62. The number of aliphatic hydroxyl groups excluding tert-OH is 1. The number of rotatable bonds is 6. The van der Waals surface area contributed by atoms with E-state index in [1.807, 2.05) is 6.92 Å². The van der Waals surface area contributed by atoms with Crippen molar-refractivity contribution in [3.05, 3.63) is 23.4 Å². The maximum Gasteiger partial charge on any atom is 0.339 e. The van der Waals surface area contributed by atoms with Crippen LogP contribution < -0.4 is 5.32 Å². The summed E-state index contributed by atoms with van der Waals surface area (Å²) in [6.45, 7) is 4.21. The number of hydrogen-bond acceptors (Lipinski definition) is 4. The van der Waals surface area contributed by atoms with Crippen molar-refractivity contribution in [3.63, 3.8) is 0 Å². The van der Waals surface area contributed by atoms with Crippen molar-refractivity contribution >= 4 is 11.8 Å². The lowest BCUT2D eigenvalue weighted by Gasteiger charge is -2.11. The van der Waals surface area contributed by atoms with Crippen LogP contribution in [0.25, 0.3) is 0 Å². The summed E-state index contributed by atoms with van der Waals surface area (Å²) in [7, 11) is 0. The van der Waals surface area contributed by atoms with Crippen LogP contribution in [0.4, 0.5) is 5.82 Å². The summed E-state index contributed by atoms with van der Waals surface area (Å²) >= 11 is 0. The Morgan fingerprint density at radius 2 is 2.24 bits per heavy atom. The van der Waals surface area contributed by atoms with Gasteiger partial charge in [0.25, 0.3) is 0 Å². The zero-order valence-electron chi connectivity index (χ0n) is 10.1. The lowest BCUT2D eigenvalue weighted by atomic mass is 10.2. The van der Waals surface area contributed by atoms with Crippen LogP contribution in [0.1, 0.15) is 35.8 Å². The molecule has 5 nitrogen and oxygen atoms in total. The van der Waals surface area contributed by atoms with Gasteiger partial charge in [0.15, 0.2) is 0 Å². The van der Waals surface area contributed by atoms with E-state index in [0.717, 1.165) is 5.69 Å². The third-order valence-electron chi connectivity index (χ3n) is 2.51. The Morgan fingerprint density at radius 1 is 1.53 bits per heavy atom. The number of aliphatic hydroxyl groups is 1. The summed E-state index contributed by atoms with van der Waals surface area (Å²) < 4.78 is 0. The Bertz CT molecular complexity index is 393. The van der Waals surface area contributed by atoms with E-state index in [9.17, 15) is 9.90 Å². The molecular formula is C12H18N2O3. The Morgan fingerprint density at radius 3 is 2.82 bits per heavy atom. The van der Waals surface area contributed by atoms with Gasteiger partial charge in [-0.1, -0.05) is 6.92 Å². The molecule has 0 saturated heterocycles. The largest absolute Gasteiger partial charge is 0.478 e. The number of aromatic nitrogens is 1. The molecule has 0 aliphatic heterocycles. The quantitative estimate of drug-likeness (QED) is 0.702. The smallest absolute Gasteiger partial charge is 0.339 e. The number of hydrogen-bond donors (Lipinski definition) is 3. The van der Waals surface area contributed by atoms with E-state index in [4.69, 9.17) is 5.11 Å². The van der Waals surface area contributed by atoms with Gasteiger partial charge in [0.05, 0.1) is 6.10 Å². The van der Waals surface area contributed by atoms with E-state index >= 15 is 0 Å². The SMILES string of the molecule is CCC(O)CCNc1nc(C)ccc1C(=O)O. The summed E-state index contributed by atoms with van der Waals surface area (Å²) in [5.41, 5.74) is 0.912. The predicted molar refractivity (Wildman–Crippen MR) is 65.3 cm³/mol. The van der Waals surface area contributed by atoms with Gasteiger partial charge >= 0.3 is 5.97 Å². The van der Waals surface area contributed by atoms with Gasteiger partial charge in [-0.3, -0.25) is 0 Å². The molecule has 1 heterocycles. The second kappa shape index (κ2) is 6.20. The number of aryl methyl sites for hydroxylation is 1. The predicted octanol–water partition coefficient (Wildman–Crippen LogP) is 1.66. The number of carboxylic acid groups (broad SMARTS) is 1. The molecule has 5 heteroatoms. The maximum atomic E-state index is 11.0. The zero-order valence-corrected chi connectivity index (χ0v) is 10.1. The van der Waals surface area contributed by atoms with Crippen LogP contribution in [0.2, 0.25) is 0 Å². The molecule has 1 unspecified atom stereocenters. The van der Waals surface area contributed by atoms with Gasteiger partial charge in [0, 0.05) is 12.2 Å². The Kier molecular flexibility index (Phi) is 4.90. The summed E-state index contributed by atoms with van der Waals surface area (Å²) in [6.07, 6.45) is 0.903. The fraction of sp³-hybridized carbons (Fsp3) is 0.500. The van der Waals surface area contributed by atoms with Gasteiger partial charge in [0.2, 0.25) is 0 Å². The molecule has 1 aromatic heterocycles. The zero-order chi connectivity index (χ0) is 12.8. The Balaban J connectivity index is 2.68. The minimum Gasteiger partial charge on any atom is -0.478 e. The molecule has 0 saturated carbocycles. The summed E-state index contributed by atoms with van der Waals surface area (Å²) in [5, 5.41) is 21.3. The van der Waals surface area contributed by atoms with E-state index in [1.165, 1.54) is 6.07 Å². The first-order chi connectivity index (χ1) is 8.04. The van der Waals surface area contributed by atoms with Gasteiger partial charge in [-0.25, -0.2) is 9.78 Å². The highest BCUT2D eigenvalue weighted by molar-refractivity contribution is 5.93. The molecule has 1 rings (SSSR count). The number of carbonyl (C=O) groups is 1. The second-order valence-electron chi connectivity index (χ2n) is 3.93. The molecule has 1 atom stereocenters. The van der Waals surface area contributed by atoms with Crippen LogP contribution in [-0.2, 0) is 0 Å². The van der Waals surface area contributed by atoms with Crippen molar-refractivity contribution in [2.45, 2.75) is 32.8 Å². The molecule has 94 valence electrons. The van der Waals surface area contributed by atoms with Crippen LogP contribution >= 0.6 is 0 Å². The molecule has 0 fully saturated rings. The molecular weight excluding hydrogens is 220 g/mol. The first-order valence-electron chi connectivity index (χ1n) is 5.67. The van der Waals surface area contributed by atoms with Gasteiger partial charge < -0.3 is 15.5 Å². The molecule has 0 aliphatic rings. The topological polar surface area (TPSA) is 82.5 Å². The second-order valence-corrected chi connectivity index (χ2v) is 3.93. The standard InChI is InChI=1S/C12H18N2O3/c1-3-9(15)6-7-13-11-10(12(16)17)5-4-8(2)14-11/h4-5,9,15H,3,6-7H2,1-2H3,(H,13,14)(H,16,17). The number of nitrogens with one attached hydrogen (secondary N) is 1. The molecule has 0 spiro atoms. The van der Waals surface area contributed by atoms with Crippen LogP contribution in [0.5, 0.6) is 0 Å². The minimum atomic E-state index is -1.00. The molecule has 1 aromatic rings. The highest BCUT2D eigenvalue weighted by Gasteiger charge is 2.11. The summed E-state index contributed by atoms with van der Waals surface area (Å²) in [5.74, 6) is -0.642. The third-order valence-corrected chi connectivity index (χ3v) is 2.51. The molecule has 0 aliphatic carbocycles. The highest BCUT2D eigenvalue weighted by Crippen LogP contribution is 2.13. The lowest BCUT2D eigenvalue weighted by molar-refractivity contribution is 0.0697. The van der Waals surface area contributed by atoms with Crippen molar-refractivity contribution in [1.29, 1.82) is 0 Å². The van der Waals surface area contributed by atoms with Gasteiger partial charge in [-0.05, 0) is 31.9 Å². The fourth-order valence-corrected chi connectivity index (χ4v) is 1.43. The van der Waals surface area contributed by atoms with Gasteiger partial charge in [-0.15, -0.1) is 0 Å². The Labute approximate surface area is 101 Å². The third kappa shape index (κ3) is 4.03. The first-order valence-corrected chi connectivity index (χ1v) is 5.67. The van der Waals surface area contributed by atoms with Crippen LogP contribution in [0.3, 0.4) is 0 Å². The normalized spacial score (nSPS) is 12.2. The molecule has 17 heavy (non-hydrogen) atoms. The highest BCUT2D eigenvalue weighted by atomic mass is 16.4. The molecule has 3 N–H and O–H groups in total. The van der Waals surface area contributed by atoms with Crippen molar-refractivity contribution in [1.82, 2.24) is 4.98 Å². The summed E-state index contributed by atoms with van der Waals surface area (Å²) in [6, 6.07) is 3.19. The monoisotopic (exact) mass is 238 g/mol. The molecule has 0 aromatic carbocycles. The molecule has 0 amide bonds. The van der Waals surface area contributed by atoms with E-state index < -0.39 is 5.97 Å². The van der Waals surface area contributed by atoms with E-state index in [0.29, 0.717) is 25.2 Å². The number of anilines is 1. The van der Waals surface area contributed by atoms with Crippen molar-refractivity contribution in [3.8, 4) is 0 Å². The van der Waals surface area contributed by atoms with Crippen molar-refractivity contribution < 1.29 is 15.0 Å². The van der Waals surface area contributed by atoms with Crippen LogP contribution in [0, 0.1) is 6.92 Å². The fourth-order valence-electron chi connectivity index (χ4n) is 1.43. The van der Waals surface area contributed by atoms with E-state index in [1.54, 1.807) is 13.0 Å². The molecule has 0 radical (unpaired) electrons.